The highest BCUT2D eigenvalue weighted by atomic mass is 16.6. The Bertz CT molecular complexity index is 799. The maximum atomic E-state index is 12.4. The van der Waals surface area contributed by atoms with E-state index in [2.05, 4.69) is 0 Å². The molecular formula is C21H24N2O4. The molecule has 2 aromatic carbocycles. The summed E-state index contributed by atoms with van der Waals surface area (Å²) in [5.74, 6) is 1.13. The molecule has 0 N–H and O–H groups in total. The Kier molecular flexibility index (Phi) is 5.96. The van der Waals surface area contributed by atoms with Gasteiger partial charge in [0.15, 0.2) is 6.61 Å². The fraction of sp³-hybridized carbons (Fsp3) is 0.333. The van der Waals surface area contributed by atoms with E-state index < -0.39 is 0 Å². The molecule has 2 amide bonds. The molecule has 0 atom stereocenters. The number of hydrogen-bond donors (Lipinski definition) is 0. The number of hydrogen-bond acceptors (Lipinski definition) is 4. The molecule has 0 aliphatic carbocycles. The highest BCUT2D eigenvalue weighted by molar-refractivity contribution is 5.78. The van der Waals surface area contributed by atoms with Gasteiger partial charge >= 0.3 is 6.09 Å². The molecule has 0 spiro atoms. The van der Waals surface area contributed by atoms with Gasteiger partial charge in [0.1, 0.15) is 11.5 Å². The van der Waals surface area contributed by atoms with Gasteiger partial charge in [0.2, 0.25) is 0 Å². The van der Waals surface area contributed by atoms with Crippen LogP contribution in [0.25, 0.3) is 0 Å². The van der Waals surface area contributed by atoms with Gasteiger partial charge in [-0.1, -0.05) is 24.3 Å². The predicted octanol–water partition coefficient (Wildman–Crippen LogP) is 3.03. The van der Waals surface area contributed by atoms with Crippen LogP contribution in [0.3, 0.4) is 0 Å². The molecule has 0 radical (unpaired) electrons. The first-order chi connectivity index (χ1) is 13.0. The topological polar surface area (TPSA) is 59.1 Å². The molecule has 1 fully saturated rings. The summed E-state index contributed by atoms with van der Waals surface area (Å²) in [6, 6.07) is 14.7. The van der Waals surface area contributed by atoms with E-state index >= 15 is 0 Å². The van der Waals surface area contributed by atoms with Gasteiger partial charge in [-0.3, -0.25) is 4.79 Å². The van der Waals surface area contributed by atoms with Crippen LogP contribution in [-0.2, 0) is 4.79 Å². The predicted molar refractivity (Wildman–Crippen MR) is 102 cm³/mol. The number of piperazine rings is 1. The first kappa shape index (κ1) is 18.8. The highest BCUT2D eigenvalue weighted by Gasteiger charge is 2.25. The summed E-state index contributed by atoms with van der Waals surface area (Å²) in [7, 11) is 0. The lowest BCUT2D eigenvalue weighted by Gasteiger charge is -2.34. The Hall–Kier alpha value is -3.02. The van der Waals surface area contributed by atoms with E-state index in [9.17, 15) is 9.59 Å². The molecule has 1 heterocycles. The summed E-state index contributed by atoms with van der Waals surface area (Å²) < 4.78 is 10.9. The fourth-order valence-corrected chi connectivity index (χ4v) is 2.83. The Balaban J connectivity index is 1.44. The van der Waals surface area contributed by atoms with E-state index in [1.165, 1.54) is 5.56 Å². The van der Waals surface area contributed by atoms with Gasteiger partial charge in [0, 0.05) is 26.2 Å². The van der Waals surface area contributed by atoms with Crippen LogP contribution in [0.5, 0.6) is 11.5 Å². The van der Waals surface area contributed by atoms with Crippen molar-refractivity contribution in [3.8, 4) is 11.5 Å². The van der Waals surface area contributed by atoms with Crippen molar-refractivity contribution < 1.29 is 19.1 Å². The maximum Gasteiger partial charge on any atom is 0.415 e. The molecule has 0 aromatic heterocycles. The van der Waals surface area contributed by atoms with Crippen molar-refractivity contribution in [2.24, 2.45) is 0 Å². The van der Waals surface area contributed by atoms with Crippen LogP contribution < -0.4 is 9.47 Å². The van der Waals surface area contributed by atoms with Crippen molar-refractivity contribution in [1.29, 1.82) is 0 Å². The summed E-state index contributed by atoms with van der Waals surface area (Å²) >= 11 is 0. The molecule has 1 aliphatic rings. The van der Waals surface area contributed by atoms with Gasteiger partial charge in [-0.15, -0.1) is 0 Å². The maximum absolute atomic E-state index is 12.4. The smallest absolute Gasteiger partial charge is 0.415 e. The van der Waals surface area contributed by atoms with Gasteiger partial charge in [-0.2, -0.15) is 0 Å². The van der Waals surface area contributed by atoms with Gasteiger partial charge in [-0.05, 0) is 49.2 Å². The van der Waals surface area contributed by atoms with Crippen LogP contribution in [0, 0.1) is 13.8 Å². The number of rotatable bonds is 4. The molecule has 0 saturated carbocycles. The van der Waals surface area contributed by atoms with Gasteiger partial charge in [0.25, 0.3) is 5.91 Å². The van der Waals surface area contributed by atoms with Crippen LogP contribution in [0.1, 0.15) is 11.1 Å². The van der Waals surface area contributed by atoms with Crippen LogP contribution in [-0.4, -0.2) is 54.6 Å². The second-order valence-electron chi connectivity index (χ2n) is 6.58. The number of benzene rings is 2. The van der Waals surface area contributed by atoms with Crippen LogP contribution in [0.2, 0.25) is 0 Å². The van der Waals surface area contributed by atoms with E-state index in [1.54, 1.807) is 21.9 Å². The third kappa shape index (κ3) is 5.00. The van der Waals surface area contributed by atoms with E-state index in [1.807, 2.05) is 50.2 Å². The number of nitrogens with zero attached hydrogens (tertiary/aromatic N) is 2. The number of para-hydroxylation sites is 1. The first-order valence-electron chi connectivity index (χ1n) is 9.02. The average molecular weight is 368 g/mol. The van der Waals surface area contributed by atoms with Crippen molar-refractivity contribution in [3.05, 3.63) is 59.7 Å². The molecule has 142 valence electrons. The van der Waals surface area contributed by atoms with E-state index in [4.69, 9.17) is 9.47 Å². The van der Waals surface area contributed by atoms with E-state index in [0.717, 1.165) is 5.56 Å². The van der Waals surface area contributed by atoms with E-state index in [-0.39, 0.29) is 18.6 Å². The van der Waals surface area contributed by atoms with E-state index in [0.29, 0.717) is 37.7 Å². The van der Waals surface area contributed by atoms with Crippen molar-refractivity contribution in [3.63, 3.8) is 0 Å². The number of amides is 2. The largest absolute Gasteiger partial charge is 0.484 e. The molecular weight excluding hydrogens is 344 g/mol. The summed E-state index contributed by atoms with van der Waals surface area (Å²) in [4.78, 5) is 27.9. The molecule has 2 aromatic rings. The normalized spacial score (nSPS) is 14.0. The number of ether oxygens (including phenoxy) is 2. The Morgan fingerprint density at radius 1 is 0.852 bits per heavy atom. The minimum atomic E-state index is -0.389. The zero-order valence-electron chi connectivity index (χ0n) is 15.7. The van der Waals surface area contributed by atoms with Crippen molar-refractivity contribution in [2.45, 2.75) is 13.8 Å². The zero-order valence-corrected chi connectivity index (χ0v) is 15.7. The lowest BCUT2D eigenvalue weighted by Crippen LogP contribution is -2.52. The molecule has 1 aliphatic heterocycles. The summed E-state index contributed by atoms with van der Waals surface area (Å²) in [5, 5.41) is 0. The number of aryl methyl sites for hydroxylation is 2. The SMILES string of the molecule is Cc1ccc(OCC(=O)N2CCN(C(=O)Oc3ccccc3)CC2)cc1C. The quantitative estimate of drug-likeness (QED) is 0.832. The van der Waals surface area contributed by atoms with Crippen LogP contribution in [0.15, 0.2) is 48.5 Å². The second-order valence-corrected chi connectivity index (χ2v) is 6.58. The molecule has 6 nitrogen and oxygen atoms in total. The monoisotopic (exact) mass is 368 g/mol. The molecule has 1 saturated heterocycles. The highest BCUT2D eigenvalue weighted by Crippen LogP contribution is 2.17. The average Bonchev–Trinajstić information content (AvgIpc) is 2.69. The molecule has 6 heteroatoms. The van der Waals surface area contributed by atoms with Gasteiger partial charge in [0.05, 0.1) is 0 Å². The fourth-order valence-electron chi connectivity index (χ4n) is 2.83. The Morgan fingerprint density at radius 3 is 2.19 bits per heavy atom. The third-order valence-corrected chi connectivity index (χ3v) is 4.68. The Labute approximate surface area is 159 Å². The number of carbonyl (C=O) groups excluding carboxylic acids is 2. The lowest BCUT2D eigenvalue weighted by atomic mass is 10.1. The van der Waals surface area contributed by atoms with Crippen LogP contribution in [0.4, 0.5) is 4.79 Å². The molecule has 3 rings (SSSR count). The Morgan fingerprint density at radius 2 is 1.52 bits per heavy atom. The summed E-state index contributed by atoms with van der Waals surface area (Å²) in [6.45, 7) is 5.88. The minimum absolute atomic E-state index is 0.00301. The summed E-state index contributed by atoms with van der Waals surface area (Å²) in [6.07, 6.45) is -0.389. The molecule has 0 unspecified atom stereocenters. The van der Waals surface area contributed by atoms with Gasteiger partial charge in [-0.25, -0.2) is 4.79 Å². The van der Waals surface area contributed by atoms with Gasteiger partial charge < -0.3 is 19.3 Å². The molecule has 27 heavy (non-hydrogen) atoms. The van der Waals surface area contributed by atoms with Crippen LogP contribution >= 0.6 is 0 Å². The van der Waals surface area contributed by atoms with Crippen molar-refractivity contribution >= 4 is 12.0 Å². The standard InChI is InChI=1S/C21H24N2O4/c1-16-8-9-19(14-17(16)2)26-15-20(24)22-10-12-23(13-11-22)21(25)27-18-6-4-3-5-7-18/h3-9,14H,10-13,15H2,1-2H3. The lowest BCUT2D eigenvalue weighted by molar-refractivity contribution is -0.134. The van der Waals surface area contributed by atoms with Crippen molar-refractivity contribution in [2.75, 3.05) is 32.8 Å². The number of carbonyl (C=O) groups is 2. The first-order valence-corrected chi connectivity index (χ1v) is 9.02. The third-order valence-electron chi connectivity index (χ3n) is 4.68. The minimum Gasteiger partial charge on any atom is -0.484 e. The molecule has 0 bridgehead atoms. The summed E-state index contributed by atoms with van der Waals surface area (Å²) in [5.41, 5.74) is 2.32. The zero-order chi connectivity index (χ0) is 19.2. The second kappa shape index (κ2) is 8.58. The van der Waals surface area contributed by atoms with Crippen molar-refractivity contribution in [1.82, 2.24) is 9.80 Å².